The Morgan fingerprint density at radius 3 is 2.33 bits per heavy atom. The molecule has 1 aromatic rings. The third kappa shape index (κ3) is 3.63. The molecule has 0 aromatic heterocycles. The van der Waals surface area contributed by atoms with Gasteiger partial charge in [0.1, 0.15) is 5.75 Å². The molecule has 102 valence electrons. The summed E-state index contributed by atoms with van der Waals surface area (Å²) >= 11 is 0. The highest BCUT2D eigenvalue weighted by molar-refractivity contribution is 5.39. The van der Waals surface area contributed by atoms with Crippen LogP contribution >= 0.6 is 0 Å². The minimum Gasteiger partial charge on any atom is -0.497 e. The number of rotatable bonds is 4. The molecular weight excluding hydrogens is 243 g/mol. The van der Waals surface area contributed by atoms with Gasteiger partial charge in [0.2, 0.25) is 0 Å². The topological polar surface area (TPSA) is 35.2 Å². The largest absolute Gasteiger partial charge is 0.497 e. The van der Waals surface area contributed by atoms with E-state index in [1.807, 2.05) is 13.8 Å². The zero-order valence-corrected chi connectivity index (χ0v) is 10.7. The molecule has 18 heavy (non-hydrogen) atoms. The van der Waals surface area contributed by atoms with Gasteiger partial charge in [0, 0.05) is 6.04 Å². The second-order valence-corrected chi connectivity index (χ2v) is 4.69. The monoisotopic (exact) mass is 261 g/mol. The van der Waals surface area contributed by atoms with Gasteiger partial charge in [-0.3, -0.25) is 0 Å². The van der Waals surface area contributed by atoms with Gasteiger partial charge >= 0.3 is 6.18 Å². The van der Waals surface area contributed by atoms with Crippen LogP contribution in [0.15, 0.2) is 18.2 Å². The molecule has 0 spiro atoms. The molecule has 0 aliphatic carbocycles. The van der Waals surface area contributed by atoms with E-state index in [2.05, 4.69) is 0 Å². The maximum atomic E-state index is 13.0. The number of alkyl halides is 3. The molecule has 0 unspecified atom stereocenters. The zero-order chi connectivity index (χ0) is 13.9. The minimum atomic E-state index is -4.42. The van der Waals surface area contributed by atoms with Crippen molar-refractivity contribution >= 4 is 0 Å². The fourth-order valence-corrected chi connectivity index (χ4v) is 1.87. The maximum Gasteiger partial charge on any atom is 0.416 e. The third-order valence-corrected chi connectivity index (χ3v) is 2.69. The van der Waals surface area contributed by atoms with Crippen molar-refractivity contribution in [1.29, 1.82) is 0 Å². The first kappa shape index (κ1) is 14.8. The van der Waals surface area contributed by atoms with Gasteiger partial charge in [-0.1, -0.05) is 19.9 Å². The lowest BCUT2D eigenvalue weighted by molar-refractivity contribution is -0.138. The Bertz CT molecular complexity index is 402. The van der Waals surface area contributed by atoms with Gasteiger partial charge in [-0.2, -0.15) is 13.2 Å². The van der Waals surface area contributed by atoms with Crippen LogP contribution in [0.5, 0.6) is 5.75 Å². The number of hydrogen-bond acceptors (Lipinski definition) is 2. The number of halogens is 3. The average Bonchev–Trinajstić information content (AvgIpc) is 2.26. The molecule has 0 heterocycles. The van der Waals surface area contributed by atoms with Crippen LogP contribution in [0.3, 0.4) is 0 Å². The number of hydrogen-bond donors (Lipinski definition) is 1. The molecule has 1 aromatic carbocycles. The van der Waals surface area contributed by atoms with E-state index in [9.17, 15) is 13.2 Å². The second kappa shape index (κ2) is 5.61. The highest BCUT2D eigenvalue weighted by Gasteiger charge is 2.35. The molecular formula is C13H18F3NO. The SMILES string of the molecule is COc1ccc([C@@H](N)CC(C)C)c(C(F)(F)F)c1. The second-order valence-electron chi connectivity index (χ2n) is 4.69. The van der Waals surface area contributed by atoms with Gasteiger partial charge in [-0.15, -0.1) is 0 Å². The molecule has 0 saturated heterocycles. The predicted molar refractivity (Wildman–Crippen MR) is 64.4 cm³/mol. The van der Waals surface area contributed by atoms with Crippen LogP contribution in [-0.4, -0.2) is 7.11 Å². The molecule has 1 atom stereocenters. The van der Waals surface area contributed by atoms with Crippen molar-refractivity contribution in [3.05, 3.63) is 29.3 Å². The fourth-order valence-electron chi connectivity index (χ4n) is 1.87. The van der Waals surface area contributed by atoms with E-state index in [1.165, 1.54) is 19.2 Å². The summed E-state index contributed by atoms with van der Waals surface area (Å²) in [6.45, 7) is 3.85. The molecule has 0 saturated carbocycles. The van der Waals surface area contributed by atoms with Crippen molar-refractivity contribution in [2.45, 2.75) is 32.5 Å². The highest BCUT2D eigenvalue weighted by Crippen LogP contribution is 2.37. The number of methoxy groups -OCH3 is 1. The molecule has 0 aliphatic heterocycles. The fraction of sp³-hybridized carbons (Fsp3) is 0.538. The van der Waals surface area contributed by atoms with E-state index < -0.39 is 17.8 Å². The van der Waals surface area contributed by atoms with Crippen LogP contribution in [0, 0.1) is 5.92 Å². The van der Waals surface area contributed by atoms with Gasteiger partial charge in [0.05, 0.1) is 12.7 Å². The van der Waals surface area contributed by atoms with Crippen LogP contribution in [0.4, 0.5) is 13.2 Å². The Labute approximate surface area is 105 Å². The first-order chi connectivity index (χ1) is 8.25. The molecule has 2 N–H and O–H groups in total. The van der Waals surface area contributed by atoms with E-state index in [-0.39, 0.29) is 17.2 Å². The van der Waals surface area contributed by atoms with Crippen LogP contribution in [0.25, 0.3) is 0 Å². The van der Waals surface area contributed by atoms with Crippen LogP contribution < -0.4 is 10.5 Å². The molecule has 0 fully saturated rings. The zero-order valence-electron chi connectivity index (χ0n) is 10.7. The van der Waals surface area contributed by atoms with Crippen molar-refractivity contribution in [2.24, 2.45) is 11.7 Å². The first-order valence-corrected chi connectivity index (χ1v) is 5.76. The molecule has 0 amide bonds. The summed E-state index contributed by atoms with van der Waals surface area (Å²) < 4.78 is 43.7. The summed E-state index contributed by atoms with van der Waals surface area (Å²) in [7, 11) is 1.34. The van der Waals surface area contributed by atoms with E-state index in [4.69, 9.17) is 10.5 Å². The molecule has 0 aliphatic rings. The summed E-state index contributed by atoms with van der Waals surface area (Å²) in [5.41, 5.74) is 5.25. The quantitative estimate of drug-likeness (QED) is 0.895. The lowest BCUT2D eigenvalue weighted by Crippen LogP contribution is -2.19. The van der Waals surface area contributed by atoms with Crippen LogP contribution in [-0.2, 0) is 6.18 Å². The third-order valence-electron chi connectivity index (χ3n) is 2.69. The molecule has 0 bridgehead atoms. The number of ether oxygens (including phenoxy) is 1. The van der Waals surface area contributed by atoms with E-state index >= 15 is 0 Å². The van der Waals surface area contributed by atoms with E-state index in [0.29, 0.717) is 6.42 Å². The smallest absolute Gasteiger partial charge is 0.416 e. The van der Waals surface area contributed by atoms with Gasteiger partial charge < -0.3 is 10.5 Å². The number of nitrogens with two attached hydrogens (primary N) is 1. The minimum absolute atomic E-state index is 0.122. The van der Waals surface area contributed by atoms with Crippen LogP contribution in [0.2, 0.25) is 0 Å². The van der Waals surface area contributed by atoms with E-state index in [1.54, 1.807) is 0 Å². The molecule has 2 nitrogen and oxygen atoms in total. The summed E-state index contributed by atoms with van der Waals surface area (Å²) in [6, 6.07) is 3.28. The Kier molecular flexibility index (Phi) is 4.62. The average molecular weight is 261 g/mol. The predicted octanol–water partition coefficient (Wildman–Crippen LogP) is 3.76. The lowest BCUT2D eigenvalue weighted by Gasteiger charge is -2.20. The summed E-state index contributed by atoms with van der Waals surface area (Å²) in [6.07, 6.45) is -3.91. The summed E-state index contributed by atoms with van der Waals surface area (Å²) in [5.74, 6) is 0.422. The van der Waals surface area contributed by atoms with Gasteiger partial charge in [-0.05, 0) is 30.0 Å². The van der Waals surface area contributed by atoms with Crippen molar-refractivity contribution in [2.75, 3.05) is 7.11 Å². The molecule has 1 rings (SSSR count). The van der Waals surface area contributed by atoms with Crippen LogP contribution in [0.1, 0.15) is 37.4 Å². The molecule has 0 radical (unpaired) electrons. The van der Waals surface area contributed by atoms with Gasteiger partial charge in [0.15, 0.2) is 0 Å². The lowest BCUT2D eigenvalue weighted by atomic mass is 9.93. The van der Waals surface area contributed by atoms with Gasteiger partial charge in [-0.25, -0.2) is 0 Å². The molecule has 5 heteroatoms. The number of benzene rings is 1. The summed E-state index contributed by atoms with van der Waals surface area (Å²) in [4.78, 5) is 0. The first-order valence-electron chi connectivity index (χ1n) is 5.76. The van der Waals surface area contributed by atoms with Crippen molar-refractivity contribution in [3.63, 3.8) is 0 Å². The standard InChI is InChI=1S/C13H18F3NO/c1-8(2)6-12(17)10-5-4-9(18-3)7-11(10)13(14,15)16/h4-5,7-8,12H,6,17H2,1-3H3/t12-/m0/s1. The normalized spacial score (nSPS) is 13.8. The van der Waals surface area contributed by atoms with Crippen molar-refractivity contribution in [3.8, 4) is 5.75 Å². The highest BCUT2D eigenvalue weighted by atomic mass is 19.4. The summed E-state index contributed by atoms with van der Waals surface area (Å²) in [5, 5.41) is 0. The Morgan fingerprint density at radius 2 is 1.89 bits per heavy atom. The Morgan fingerprint density at radius 1 is 1.28 bits per heavy atom. The van der Waals surface area contributed by atoms with E-state index in [0.717, 1.165) is 6.07 Å². The van der Waals surface area contributed by atoms with Gasteiger partial charge in [0.25, 0.3) is 0 Å². The van der Waals surface area contributed by atoms with Crippen molar-refractivity contribution in [1.82, 2.24) is 0 Å². The van der Waals surface area contributed by atoms with Crippen molar-refractivity contribution < 1.29 is 17.9 Å². The maximum absolute atomic E-state index is 13.0. The Balaban J connectivity index is 3.18. The Hall–Kier alpha value is -1.23.